The molecule has 240 valence electrons. The van der Waals surface area contributed by atoms with Gasteiger partial charge in [-0.2, -0.15) is 5.10 Å². The molecule has 1 unspecified atom stereocenters. The Hall–Kier alpha value is -4.91. The summed E-state index contributed by atoms with van der Waals surface area (Å²) in [6, 6.07) is 16.2. The van der Waals surface area contributed by atoms with Gasteiger partial charge in [-0.05, 0) is 36.1 Å². The van der Waals surface area contributed by atoms with E-state index in [0.29, 0.717) is 41.9 Å². The first-order valence-corrected chi connectivity index (χ1v) is 17.0. The highest BCUT2D eigenvalue weighted by Gasteiger charge is 2.29. The Morgan fingerprint density at radius 3 is 2.62 bits per heavy atom. The SMILES string of the molecule is O=C(c1ccc(SCc2ccccc2)c([N+](=O)[O-])c1)N1CCn2ncc(-c3cn(C(CC4CCCCC4)c4ncccn4)nn3)c2C1. The second-order valence-electron chi connectivity index (χ2n) is 12.1. The largest absolute Gasteiger partial charge is 0.331 e. The molecular formula is C34H35N9O3S. The fourth-order valence-electron chi connectivity index (χ4n) is 6.57. The molecule has 3 aromatic heterocycles. The van der Waals surface area contributed by atoms with Crippen LogP contribution in [0.15, 0.2) is 84.3 Å². The summed E-state index contributed by atoms with van der Waals surface area (Å²) in [5, 5.41) is 25.7. The fourth-order valence-corrected chi connectivity index (χ4v) is 7.53. The predicted molar refractivity (Wildman–Crippen MR) is 176 cm³/mol. The average molecular weight is 650 g/mol. The van der Waals surface area contributed by atoms with E-state index in [1.165, 1.54) is 49.9 Å². The van der Waals surface area contributed by atoms with Crippen LogP contribution in [0.4, 0.5) is 5.69 Å². The molecule has 0 saturated heterocycles. The molecule has 1 amide bonds. The van der Waals surface area contributed by atoms with Gasteiger partial charge >= 0.3 is 0 Å². The van der Waals surface area contributed by atoms with E-state index in [-0.39, 0.29) is 23.2 Å². The van der Waals surface area contributed by atoms with Gasteiger partial charge < -0.3 is 4.90 Å². The van der Waals surface area contributed by atoms with Crippen LogP contribution in [0.1, 0.15) is 72.0 Å². The average Bonchev–Trinajstić information content (AvgIpc) is 3.78. The topological polar surface area (TPSA) is 138 Å². The zero-order valence-electron chi connectivity index (χ0n) is 25.9. The first-order chi connectivity index (χ1) is 23.0. The lowest BCUT2D eigenvalue weighted by molar-refractivity contribution is -0.387. The maximum Gasteiger partial charge on any atom is 0.283 e. The summed E-state index contributed by atoms with van der Waals surface area (Å²) in [4.78, 5) is 36.7. The molecule has 4 heterocycles. The van der Waals surface area contributed by atoms with Gasteiger partial charge in [0.25, 0.3) is 11.6 Å². The van der Waals surface area contributed by atoms with Crippen molar-refractivity contribution in [1.29, 1.82) is 0 Å². The van der Waals surface area contributed by atoms with E-state index in [0.717, 1.165) is 29.1 Å². The second-order valence-corrected chi connectivity index (χ2v) is 13.1. The molecule has 5 aromatic rings. The number of carbonyl (C=O) groups is 1. The molecular weight excluding hydrogens is 615 g/mol. The highest BCUT2D eigenvalue weighted by atomic mass is 32.2. The van der Waals surface area contributed by atoms with Gasteiger partial charge in [0.1, 0.15) is 11.7 Å². The molecule has 2 aliphatic rings. The summed E-state index contributed by atoms with van der Waals surface area (Å²) in [7, 11) is 0. The first kappa shape index (κ1) is 30.7. The van der Waals surface area contributed by atoms with Crippen molar-refractivity contribution < 1.29 is 9.72 Å². The molecule has 2 aromatic carbocycles. The molecule has 7 rings (SSSR count). The maximum absolute atomic E-state index is 13.7. The summed E-state index contributed by atoms with van der Waals surface area (Å²) < 4.78 is 3.76. The van der Waals surface area contributed by atoms with Gasteiger partial charge in [0, 0.05) is 41.9 Å². The number of hydrogen-bond donors (Lipinski definition) is 0. The quantitative estimate of drug-likeness (QED) is 0.0963. The van der Waals surface area contributed by atoms with Crippen molar-refractivity contribution >= 4 is 23.4 Å². The molecule has 13 heteroatoms. The van der Waals surface area contributed by atoms with E-state index >= 15 is 0 Å². The number of rotatable bonds is 10. The smallest absolute Gasteiger partial charge is 0.283 e. The number of fused-ring (bicyclic) bond motifs is 1. The van der Waals surface area contributed by atoms with E-state index in [1.807, 2.05) is 52.0 Å². The van der Waals surface area contributed by atoms with Gasteiger partial charge in [0.15, 0.2) is 5.82 Å². The molecule has 1 aliphatic carbocycles. The number of benzene rings is 2. The van der Waals surface area contributed by atoms with Crippen LogP contribution >= 0.6 is 11.8 Å². The Balaban J connectivity index is 1.10. The Morgan fingerprint density at radius 1 is 1.02 bits per heavy atom. The summed E-state index contributed by atoms with van der Waals surface area (Å²) in [5.74, 6) is 1.64. The van der Waals surface area contributed by atoms with E-state index in [2.05, 4.69) is 25.4 Å². The number of hydrogen-bond acceptors (Lipinski definition) is 9. The van der Waals surface area contributed by atoms with Crippen molar-refractivity contribution in [2.45, 2.75) is 68.3 Å². The van der Waals surface area contributed by atoms with Crippen molar-refractivity contribution in [2.75, 3.05) is 6.54 Å². The van der Waals surface area contributed by atoms with Crippen LogP contribution in [0.25, 0.3) is 11.3 Å². The molecule has 1 fully saturated rings. The van der Waals surface area contributed by atoms with Gasteiger partial charge in [-0.1, -0.05) is 67.6 Å². The molecule has 12 nitrogen and oxygen atoms in total. The molecule has 0 radical (unpaired) electrons. The summed E-state index contributed by atoms with van der Waals surface area (Å²) in [6.45, 7) is 1.24. The number of nitro groups is 1. The highest BCUT2D eigenvalue weighted by molar-refractivity contribution is 7.98. The summed E-state index contributed by atoms with van der Waals surface area (Å²) >= 11 is 1.39. The van der Waals surface area contributed by atoms with E-state index in [1.54, 1.807) is 35.6 Å². The fraction of sp³-hybridized carbons (Fsp3) is 0.353. The van der Waals surface area contributed by atoms with Crippen LogP contribution in [-0.4, -0.2) is 57.0 Å². The van der Waals surface area contributed by atoms with E-state index in [9.17, 15) is 14.9 Å². The zero-order valence-corrected chi connectivity index (χ0v) is 26.7. The van der Waals surface area contributed by atoms with Crippen molar-refractivity contribution in [1.82, 2.24) is 39.6 Å². The number of amides is 1. The Morgan fingerprint density at radius 2 is 1.83 bits per heavy atom. The molecule has 47 heavy (non-hydrogen) atoms. The zero-order chi connectivity index (χ0) is 32.2. The van der Waals surface area contributed by atoms with Crippen LogP contribution in [0.3, 0.4) is 0 Å². The van der Waals surface area contributed by atoms with Crippen LogP contribution < -0.4 is 0 Å². The molecule has 1 atom stereocenters. The Bertz CT molecular complexity index is 1860. The van der Waals surface area contributed by atoms with Crippen molar-refractivity contribution in [2.24, 2.45) is 5.92 Å². The van der Waals surface area contributed by atoms with Gasteiger partial charge in [-0.25, -0.2) is 14.6 Å². The Kier molecular flexibility index (Phi) is 9.05. The van der Waals surface area contributed by atoms with E-state index in [4.69, 9.17) is 0 Å². The van der Waals surface area contributed by atoms with Crippen LogP contribution in [0.2, 0.25) is 0 Å². The lowest BCUT2D eigenvalue weighted by Crippen LogP contribution is -2.38. The number of carbonyl (C=O) groups excluding carboxylic acids is 1. The molecule has 0 bridgehead atoms. The third-order valence-electron chi connectivity index (χ3n) is 9.07. The minimum Gasteiger partial charge on any atom is -0.331 e. The minimum absolute atomic E-state index is 0.0682. The second kappa shape index (κ2) is 13.8. The molecule has 1 saturated carbocycles. The minimum atomic E-state index is -0.418. The van der Waals surface area contributed by atoms with Gasteiger partial charge in [0.2, 0.25) is 0 Å². The molecule has 1 aliphatic heterocycles. The Labute approximate surface area is 276 Å². The van der Waals surface area contributed by atoms with Crippen molar-refractivity contribution in [3.63, 3.8) is 0 Å². The lowest BCUT2D eigenvalue weighted by Gasteiger charge is -2.28. The molecule has 0 spiro atoms. The van der Waals surface area contributed by atoms with E-state index < -0.39 is 4.92 Å². The van der Waals surface area contributed by atoms with Gasteiger partial charge in [-0.15, -0.1) is 16.9 Å². The standard InChI is InChI=1S/C34H35N9O3S/c44-34(26-12-13-32(29(19-26)43(45)46)47-23-25-10-5-2-6-11-25)40-16-17-41-31(22-40)27(20-37-41)28-21-42(39-38-28)30(33-35-14-7-15-36-33)18-24-8-3-1-4-9-24/h2,5-7,10-15,19-21,24,30H,1,3-4,8-9,16-18,22-23H2. The monoisotopic (exact) mass is 649 g/mol. The van der Waals surface area contributed by atoms with Crippen LogP contribution in [0, 0.1) is 16.0 Å². The normalized spacial score (nSPS) is 15.7. The number of nitro benzene ring substituents is 1. The third kappa shape index (κ3) is 6.80. The van der Waals surface area contributed by atoms with Crippen LogP contribution in [0.5, 0.6) is 0 Å². The maximum atomic E-state index is 13.7. The van der Waals surface area contributed by atoms with Gasteiger partial charge in [0.05, 0.1) is 41.0 Å². The highest BCUT2D eigenvalue weighted by Crippen LogP contribution is 2.35. The predicted octanol–water partition coefficient (Wildman–Crippen LogP) is 6.35. The number of aromatic nitrogens is 7. The summed E-state index contributed by atoms with van der Waals surface area (Å²) in [5.41, 5.74) is 3.61. The van der Waals surface area contributed by atoms with Gasteiger partial charge in [-0.3, -0.25) is 19.6 Å². The summed E-state index contributed by atoms with van der Waals surface area (Å²) in [6.07, 6.45) is 14.3. The molecule has 0 N–H and O–H groups in total. The number of nitrogens with zero attached hydrogens (tertiary/aromatic N) is 9. The third-order valence-corrected chi connectivity index (χ3v) is 10.2. The van der Waals surface area contributed by atoms with Crippen LogP contribution in [-0.2, 0) is 18.8 Å². The number of thioether (sulfide) groups is 1. The first-order valence-electron chi connectivity index (χ1n) is 16.0. The van der Waals surface area contributed by atoms with Crippen molar-refractivity contribution in [3.05, 3.63) is 112 Å². The lowest BCUT2D eigenvalue weighted by atomic mass is 9.84. The van der Waals surface area contributed by atoms with Crippen molar-refractivity contribution in [3.8, 4) is 11.3 Å².